The van der Waals surface area contributed by atoms with Crippen molar-refractivity contribution in [1.29, 1.82) is 0 Å². The summed E-state index contributed by atoms with van der Waals surface area (Å²) in [5.41, 5.74) is 1.20. The second-order valence-corrected chi connectivity index (χ2v) is 5.61. The molecule has 1 N–H and O–H groups in total. The number of halogens is 3. The maximum atomic E-state index is 11.8. The molecule has 1 aromatic carbocycles. The van der Waals surface area contributed by atoms with Crippen molar-refractivity contribution in [3.8, 4) is 0 Å². The minimum Gasteiger partial charge on any atom is -0.310 e. The molecule has 0 radical (unpaired) electrons. The third-order valence-electron chi connectivity index (χ3n) is 2.71. The second kappa shape index (κ2) is 6.63. The Morgan fingerprint density at radius 3 is 2.47 bits per heavy atom. The van der Waals surface area contributed by atoms with E-state index < -0.39 is 6.36 Å². The fraction of sp³-hybridized carbons (Fsp3) is 0.538. The van der Waals surface area contributed by atoms with Crippen LogP contribution >= 0.6 is 11.8 Å². The van der Waals surface area contributed by atoms with Gasteiger partial charge in [0.05, 0.1) is 6.61 Å². The highest BCUT2D eigenvalue weighted by Gasteiger charge is 2.28. The topological polar surface area (TPSA) is 21.3 Å². The molecular formula is C13H16F3NOS. The maximum absolute atomic E-state index is 11.8. The average molecular weight is 291 g/mol. The predicted molar refractivity (Wildman–Crippen MR) is 69.0 cm³/mol. The van der Waals surface area contributed by atoms with Crippen LogP contribution in [0.4, 0.5) is 13.2 Å². The molecule has 0 aliphatic heterocycles. The minimum absolute atomic E-state index is 0.291. The van der Waals surface area contributed by atoms with Gasteiger partial charge in [0.2, 0.25) is 0 Å². The second-order valence-electron chi connectivity index (χ2n) is 4.44. The third-order valence-corrected chi connectivity index (χ3v) is 3.69. The van der Waals surface area contributed by atoms with Crippen LogP contribution in [0.2, 0.25) is 0 Å². The molecule has 0 saturated heterocycles. The van der Waals surface area contributed by atoms with Crippen LogP contribution in [0.3, 0.4) is 0 Å². The molecule has 1 aliphatic rings. The van der Waals surface area contributed by atoms with Gasteiger partial charge in [-0.3, -0.25) is 4.74 Å². The Morgan fingerprint density at radius 2 is 1.89 bits per heavy atom. The largest absolute Gasteiger partial charge is 0.522 e. The molecule has 0 spiro atoms. The molecule has 6 heteroatoms. The molecule has 2 rings (SSSR count). The van der Waals surface area contributed by atoms with Crippen LogP contribution in [0.25, 0.3) is 0 Å². The molecule has 0 aromatic heterocycles. The van der Waals surface area contributed by atoms with Crippen LogP contribution in [0, 0.1) is 0 Å². The molecule has 2 nitrogen and oxygen atoms in total. The Kier molecular flexibility index (Phi) is 5.13. The van der Waals surface area contributed by atoms with Crippen LogP contribution in [-0.4, -0.2) is 24.8 Å². The zero-order chi connectivity index (χ0) is 13.7. The van der Waals surface area contributed by atoms with Crippen LogP contribution in [-0.2, 0) is 11.3 Å². The molecule has 0 bridgehead atoms. The number of hydrogen-bond acceptors (Lipinski definition) is 3. The fourth-order valence-electron chi connectivity index (χ4n) is 1.57. The fourth-order valence-corrected chi connectivity index (χ4v) is 2.30. The normalized spacial score (nSPS) is 15.7. The first-order chi connectivity index (χ1) is 9.03. The maximum Gasteiger partial charge on any atom is 0.522 e. The first-order valence-corrected chi connectivity index (χ1v) is 7.17. The lowest BCUT2D eigenvalue weighted by Crippen LogP contribution is -2.15. The molecule has 1 saturated carbocycles. The number of thioether (sulfide) groups is 1. The van der Waals surface area contributed by atoms with Crippen molar-refractivity contribution in [2.75, 3.05) is 12.4 Å². The van der Waals surface area contributed by atoms with Crippen molar-refractivity contribution in [2.24, 2.45) is 0 Å². The smallest absolute Gasteiger partial charge is 0.310 e. The van der Waals surface area contributed by atoms with Crippen molar-refractivity contribution >= 4 is 11.8 Å². The number of alkyl halides is 3. The third kappa shape index (κ3) is 6.31. The van der Waals surface area contributed by atoms with Gasteiger partial charge < -0.3 is 5.32 Å². The lowest BCUT2D eigenvalue weighted by Gasteiger charge is -2.07. The van der Waals surface area contributed by atoms with Gasteiger partial charge in [0, 0.05) is 23.2 Å². The SMILES string of the molecule is FC(F)(F)OCCSc1ccc(CNC2CC2)cc1. The Hall–Kier alpha value is -0.720. The molecular weight excluding hydrogens is 275 g/mol. The van der Waals surface area contributed by atoms with E-state index in [0.29, 0.717) is 11.8 Å². The summed E-state index contributed by atoms with van der Waals surface area (Å²) in [5, 5.41) is 3.41. The van der Waals surface area contributed by atoms with Gasteiger partial charge in [-0.1, -0.05) is 12.1 Å². The predicted octanol–water partition coefficient (Wildman–Crippen LogP) is 3.57. The highest BCUT2D eigenvalue weighted by Crippen LogP contribution is 2.22. The van der Waals surface area contributed by atoms with Crippen LogP contribution in [0.15, 0.2) is 29.2 Å². The molecule has 1 fully saturated rings. The molecule has 0 atom stereocenters. The summed E-state index contributed by atoms with van der Waals surface area (Å²) in [6.07, 6.45) is -2.01. The number of nitrogens with one attached hydrogen (secondary N) is 1. The van der Waals surface area contributed by atoms with E-state index in [-0.39, 0.29) is 6.61 Å². The Balaban J connectivity index is 1.66. The van der Waals surface area contributed by atoms with Gasteiger partial charge in [-0.2, -0.15) is 0 Å². The molecule has 0 heterocycles. The number of ether oxygens (including phenoxy) is 1. The standard InChI is InChI=1S/C13H16F3NOS/c14-13(15,16)18-7-8-19-12-5-1-10(2-6-12)9-17-11-3-4-11/h1-2,5-6,11,17H,3-4,7-9H2. The summed E-state index contributed by atoms with van der Waals surface area (Å²) in [6, 6.07) is 8.54. The van der Waals surface area contributed by atoms with Crippen LogP contribution < -0.4 is 5.32 Å². The Labute approximate surface area is 114 Å². The summed E-state index contributed by atoms with van der Waals surface area (Å²) in [7, 11) is 0. The monoisotopic (exact) mass is 291 g/mol. The summed E-state index contributed by atoms with van der Waals surface area (Å²) in [4.78, 5) is 0.959. The molecule has 0 unspecified atom stereocenters. The van der Waals surface area contributed by atoms with E-state index in [1.165, 1.54) is 30.2 Å². The van der Waals surface area contributed by atoms with E-state index in [4.69, 9.17) is 0 Å². The summed E-state index contributed by atoms with van der Waals surface area (Å²) in [6.45, 7) is 0.534. The van der Waals surface area contributed by atoms with Crippen molar-refractivity contribution < 1.29 is 17.9 Å². The van der Waals surface area contributed by atoms with Gasteiger partial charge in [-0.05, 0) is 30.5 Å². The van der Waals surface area contributed by atoms with E-state index in [1.807, 2.05) is 24.3 Å². The minimum atomic E-state index is -4.53. The van der Waals surface area contributed by atoms with Gasteiger partial charge in [-0.15, -0.1) is 24.9 Å². The van der Waals surface area contributed by atoms with Crippen LogP contribution in [0.1, 0.15) is 18.4 Å². The average Bonchev–Trinajstić information content (AvgIpc) is 3.16. The Morgan fingerprint density at radius 1 is 1.21 bits per heavy atom. The van der Waals surface area contributed by atoms with Crippen LogP contribution in [0.5, 0.6) is 0 Å². The zero-order valence-electron chi connectivity index (χ0n) is 10.4. The van der Waals surface area contributed by atoms with Crippen molar-refractivity contribution in [2.45, 2.75) is 36.7 Å². The van der Waals surface area contributed by atoms with Gasteiger partial charge in [0.15, 0.2) is 0 Å². The molecule has 0 amide bonds. The summed E-state index contributed by atoms with van der Waals surface area (Å²) in [5.74, 6) is 0.291. The highest BCUT2D eigenvalue weighted by atomic mass is 32.2. The van der Waals surface area contributed by atoms with Crippen molar-refractivity contribution in [3.63, 3.8) is 0 Å². The first-order valence-electron chi connectivity index (χ1n) is 6.19. The lowest BCUT2D eigenvalue weighted by molar-refractivity contribution is -0.322. The zero-order valence-corrected chi connectivity index (χ0v) is 11.2. The van der Waals surface area contributed by atoms with Gasteiger partial charge in [0.1, 0.15) is 0 Å². The van der Waals surface area contributed by atoms with Gasteiger partial charge >= 0.3 is 6.36 Å². The molecule has 1 aromatic rings. The lowest BCUT2D eigenvalue weighted by atomic mass is 10.2. The highest BCUT2D eigenvalue weighted by molar-refractivity contribution is 7.99. The van der Waals surface area contributed by atoms with E-state index in [2.05, 4.69) is 10.1 Å². The molecule has 106 valence electrons. The molecule has 1 aliphatic carbocycles. The quantitative estimate of drug-likeness (QED) is 0.613. The Bertz CT molecular complexity index is 390. The van der Waals surface area contributed by atoms with E-state index in [9.17, 15) is 13.2 Å². The van der Waals surface area contributed by atoms with Gasteiger partial charge in [0.25, 0.3) is 0 Å². The van der Waals surface area contributed by atoms with E-state index in [0.717, 1.165) is 11.4 Å². The molecule has 19 heavy (non-hydrogen) atoms. The summed E-state index contributed by atoms with van der Waals surface area (Å²) >= 11 is 1.36. The number of rotatable bonds is 7. The van der Waals surface area contributed by atoms with Gasteiger partial charge in [-0.25, -0.2) is 0 Å². The number of benzene rings is 1. The van der Waals surface area contributed by atoms with Crippen molar-refractivity contribution in [1.82, 2.24) is 5.32 Å². The summed E-state index contributed by atoms with van der Waals surface area (Å²) < 4.78 is 39.0. The van der Waals surface area contributed by atoms with E-state index >= 15 is 0 Å². The van der Waals surface area contributed by atoms with Crippen molar-refractivity contribution in [3.05, 3.63) is 29.8 Å². The first kappa shape index (κ1) is 14.7. The number of hydrogen-bond donors (Lipinski definition) is 1. The van der Waals surface area contributed by atoms with E-state index in [1.54, 1.807) is 0 Å².